The fourth-order valence-electron chi connectivity index (χ4n) is 3.07. The van der Waals surface area contributed by atoms with Gasteiger partial charge in [0.2, 0.25) is 15.9 Å². The first-order valence-corrected chi connectivity index (χ1v) is 11.3. The van der Waals surface area contributed by atoms with Crippen molar-refractivity contribution in [3.63, 3.8) is 0 Å². The first-order valence-electron chi connectivity index (χ1n) is 9.82. The number of amides is 1. The molecule has 0 saturated carbocycles. The third-order valence-corrected chi connectivity index (χ3v) is 6.72. The maximum atomic E-state index is 12.8. The van der Waals surface area contributed by atoms with Crippen LogP contribution in [0, 0.1) is 0 Å². The summed E-state index contributed by atoms with van der Waals surface area (Å²) < 4.78 is 37.9. The Balaban J connectivity index is 1.67. The largest absolute Gasteiger partial charge is 0.405 e. The average Bonchev–Trinajstić information content (AvgIpc) is 3.40. The monoisotopic (exact) mass is 422 g/mol. The molecule has 158 valence electrons. The molecule has 1 aromatic heterocycles. The molecule has 1 unspecified atom stereocenters. The van der Waals surface area contributed by atoms with E-state index >= 15 is 0 Å². The molecule has 1 aromatic carbocycles. The molecule has 1 amide bonds. The minimum Gasteiger partial charge on any atom is -0.405 e. The van der Waals surface area contributed by atoms with Gasteiger partial charge < -0.3 is 9.15 Å². The van der Waals surface area contributed by atoms with Gasteiger partial charge in [-0.05, 0) is 43.5 Å². The molecule has 0 spiro atoms. The topological polar surface area (TPSA) is 115 Å². The van der Waals surface area contributed by atoms with E-state index in [2.05, 4.69) is 15.5 Å². The summed E-state index contributed by atoms with van der Waals surface area (Å²) >= 11 is 0. The lowest BCUT2D eigenvalue weighted by Crippen LogP contribution is -2.31. The third-order valence-electron chi connectivity index (χ3n) is 4.73. The first-order chi connectivity index (χ1) is 14.0. The van der Waals surface area contributed by atoms with Gasteiger partial charge in [0.05, 0.1) is 4.90 Å². The first kappa shape index (κ1) is 21.4. The van der Waals surface area contributed by atoms with E-state index in [1.54, 1.807) is 0 Å². The molecular formula is C19H26N4O5S. The Kier molecular flexibility index (Phi) is 6.99. The van der Waals surface area contributed by atoms with Crippen LogP contribution in [0.4, 0.5) is 6.01 Å². The minimum atomic E-state index is -3.58. The van der Waals surface area contributed by atoms with Crippen LogP contribution in [0.15, 0.2) is 33.6 Å². The summed E-state index contributed by atoms with van der Waals surface area (Å²) in [5.74, 6) is -0.124. The van der Waals surface area contributed by atoms with Crippen LogP contribution in [0.5, 0.6) is 0 Å². The molecule has 9 nitrogen and oxygen atoms in total. The number of ether oxygens (including phenoxy) is 1. The highest BCUT2D eigenvalue weighted by molar-refractivity contribution is 7.89. The summed E-state index contributed by atoms with van der Waals surface area (Å²) in [6.07, 6.45) is 3.21. The lowest BCUT2D eigenvalue weighted by Gasteiger charge is -2.20. The molecule has 1 fully saturated rings. The molecule has 1 saturated heterocycles. The van der Waals surface area contributed by atoms with Crippen LogP contribution in [0.1, 0.15) is 61.9 Å². The highest BCUT2D eigenvalue weighted by Crippen LogP contribution is 2.28. The molecule has 10 heteroatoms. The van der Waals surface area contributed by atoms with Gasteiger partial charge in [-0.25, -0.2) is 8.42 Å². The Bertz CT molecular complexity index is 920. The second-order valence-corrected chi connectivity index (χ2v) is 8.71. The zero-order valence-electron chi connectivity index (χ0n) is 16.6. The molecule has 2 heterocycles. The fourth-order valence-corrected chi connectivity index (χ4v) is 4.55. The van der Waals surface area contributed by atoms with Crippen LogP contribution in [-0.4, -0.2) is 48.5 Å². The van der Waals surface area contributed by atoms with Gasteiger partial charge in [0.25, 0.3) is 5.91 Å². The zero-order valence-corrected chi connectivity index (χ0v) is 17.4. The van der Waals surface area contributed by atoms with Gasteiger partial charge in [-0.3, -0.25) is 10.1 Å². The Morgan fingerprint density at radius 1 is 1.24 bits per heavy atom. The van der Waals surface area contributed by atoms with Crippen LogP contribution in [0.25, 0.3) is 0 Å². The molecule has 0 aliphatic carbocycles. The Hall–Kier alpha value is -2.30. The molecule has 1 atom stereocenters. The van der Waals surface area contributed by atoms with Crippen molar-refractivity contribution in [3.8, 4) is 0 Å². The maximum Gasteiger partial charge on any atom is 0.322 e. The summed E-state index contributed by atoms with van der Waals surface area (Å²) in [4.78, 5) is 12.6. The number of benzene rings is 1. The van der Waals surface area contributed by atoms with E-state index in [0.717, 1.165) is 25.7 Å². The van der Waals surface area contributed by atoms with Crippen molar-refractivity contribution in [2.45, 2.75) is 50.5 Å². The van der Waals surface area contributed by atoms with Crippen LogP contribution in [0.3, 0.4) is 0 Å². The second kappa shape index (κ2) is 9.47. The van der Waals surface area contributed by atoms with Crippen LogP contribution in [0.2, 0.25) is 0 Å². The SMILES string of the molecule is CCCCN(CC)S(=O)(=O)c1ccc(C(=O)Nc2nnc(C3CCCO3)o2)cc1. The number of anilines is 1. The van der Waals surface area contributed by atoms with Crippen molar-refractivity contribution in [1.82, 2.24) is 14.5 Å². The number of hydrogen-bond donors (Lipinski definition) is 1. The van der Waals surface area contributed by atoms with Gasteiger partial charge in [0, 0.05) is 25.3 Å². The summed E-state index contributed by atoms with van der Waals surface area (Å²) in [5, 5.41) is 10.2. The maximum absolute atomic E-state index is 12.8. The zero-order chi connectivity index (χ0) is 20.9. The predicted molar refractivity (Wildman–Crippen MR) is 106 cm³/mol. The molecule has 0 radical (unpaired) electrons. The molecule has 29 heavy (non-hydrogen) atoms. The normalized spacial score (nSPS) is 17.0. The molecule has 3 rings (SSSR count). The van der Waals surface area contributed by atoms with Crippen LogP contribution < -0.4 is 5.32 Å². The van der Waals surface area contributed by atoms with Gasteiger partial charge >= 0.3 is 6.01 Å². The molecule has 0 bridgehead atoms. The van der Waals surface area contributed by atoms with Crippen molar-refractivity contribution >= 4 is 21.9 Å². The summed E-state index contributed by atoms with van der Waals surface area (Å²) in [6.45, 7) is 5.35. The summed E-state index contributed by atoms with van der Waals surface area (Å²) in [7, 11) is -3.58. The number of hydrogen-bond acceptors (Lipinski definition) is 7. The number of rotatable bonds is 9. The number of aromatic nitrogens is 2. The van der Waals surface area contributed by atoms with Crippen LogP contribution in [-0.2, 0) is 14.8 Å². The number of nitrogens with one attached hydrogen (secondary N) is 1. The van der Waals surface area contributed by atoms with E-state index in [1.807, 2.05) is 13.8 Å². The van der Waals surface area contributed by atoms with Gasteiger partial charge in [-0.15, -0.1) is 5.10 Å². The average molecular weight is 423 g/mol. The van der Waals surface area contributed by atoms with Crippen LogP contribution >= 0.6 is 0 Å². The van der Waals surface area contributed by atoms with Crippen molar-refractivity contribution in [1.29, 1.82) is 0 Å². The van der Waals surface area contributed by atoms with Gasteiger partial charge in [-0.2, -0.15) is 4.31 Å². The second-order valence-electron chi connectivity index (χ2n) is 6.78. The Morgan fingerprint density at radius 2 is 2.00 bits per heavy atom. The number of carbonyl (C=O) groups excluding carboxylic acids is 1. The molecular weight excluding hydrogens is 396 g/mol. The van der Waals surface area contributed by atoms with E-state index < -0.39 is 15.9 Å². The van der Waals surface area contributed by atoms with E-state index in [-0.39, 0.29) is 22.6 Å². The van der Waals surface area contributed by atoms with Gasteiger partial charge in [0.15, 0.2) is 0 Å². The van der Waals surface area contributed by atoms with E-state index in [0.29, 0.717) is 25.6 Å². The fraction of sp³-hybridized carbons (Fsp3) is 0.526. The highest BCUT2D eigenvalue weighted by atomic mass is 32.2. The summed E-state index contributed by atoms with van der Waals surface area (Å²) in [5.41, 5.74) is 0.289. The van der Waals surface area contributed by atoms with E-state index in [4.69, 9.17) is 9.15 Å². The lowest BCUT2D eigenvalue weighted by atomic mass is 10.2. The molecule has 1 aliphatic rings. The predicted octanol–water partition coefficient (Wildman–Crippen LogP) is 2.98. The number of nitrogens with zero attached hydrogens (tertiary/aromatic N) is 3. The molecule has 2 aromatic rings. The van der Waals surface area contributed by atoms with E-state index in [9.17, 15) is 13.2 Å². The van der Waals surface area contributed by atoms with Crippen molar-refractivity contribution < 1.29 is 22.4 Å². The summed E-state index contributed by atoms with van der Waals surface area (Å²) in [6, 6.07) is 5.78. The van der Waals surface area contributed by atoms with Crippen molar-refractivity contribution in [3.05, 3.63) is 35.7 Å². The Morgan fingerprint density at radius 3 is 2.62 bits per heavy atom. The Labute approximate surface area is 170 Å². The lowest BCUT2D eigenvalue weighted by molar-refractivity contribution is 0.0893. The smallest absolute Gasteiger partial charge is 0.322 e. The number of unbranched alkanes of at least 4 members (excludes halogenated alkanes) is 1. The standard InChI is InChI=1S/C19H26N4O5S/c1-3-5-12-23(4-2)29(25,26)15-10-8-14(9-11-15)17(24)20-19-22-21-18(28-19)16-7-6-13-27-16/h8-11,16H,3-7,12-13H2,1-2H3,(H,20,22,24). The molecule has 1 N–H and O–H groups in total. The van der Waals surface area contributed by atoms with Crippen molar-refractivity contribution in [2.24, 2.45) is 0 Å². The number of carbonyl (C=O) groups is 1. The van der Waals surface area contributed by atoms with E-state index in [1.165, 1.54) is 28.6 Å². The number of sulfonamides is 1. The van der Waals surface area contributed by atoms with Gasteiger partial charge in [0.1, 0.15) is 6.10 Å². The highest BCUT2D eigenvalue weighted by Gasteiger charge is 2.25. The third kappa shape index (κ3) is 5.01. The minimum absolute atomic E-state index is 0.0195. The van der Waals surface area contributed by atoms with Gasteiger partial charge in [-0.1, -0.05) is 25.4 Å². The quantitative estimate of drug-likeness (QED) is 0.660. The molecule has 1 aliphatic heterocycles. The van der Waals surface area contributed by atoms with Crippen molar-refractivity contribution in [2.75, 3.05) is 25.0 Å².